The molecule has 2 fully saturated rings. The average molecular weight is 395 g/mol. The zero-order chi connectivity index (χ0) is 18.2. The molecule has 0 amide bonds. The molecule has 0 unspecified atom stereocenters. The maximum Gasteiger partial charge on any atom is 0.0291 e. The molecule has 0 radical (unpaired) electrons. The van der Waals surface area contributed by atoms with Gasteiger partial charge < -0.3 is 0 Å². The van der Waals surface area contributed by atoms with E-state index in [-0.39, 0.29) is 0 Å². The van der Waals surface area contributed by atoms with Crippen LogP contribution >= 0.6 is 23.5 Å². The lowest BCUT2D eigenvalue weighted by atomic mass is 9.84. The van der Waals surface area contributed by atoms with Crippen LogP contribution in [0.15, 0.2) is 49.9 Å². The Balaban J connectivity index is 1.44. The Kier molecular flexibility index (Phi) is 5.30. The lowest BCUT2D eigenvalue weighted by Gasteiger charge is -2.27. The molecule has 1 aliphatic heterocycles. The summed E-state index contributed by atoms with van der Waals surface area (Å²) in [5, 5.41) is 0. The molecular formula is C25H30S2. The van der Waals surface area contributed by atoms with Crippen LogP contribution in [0.2, 0.25) is 0 Å². The van der Waals surface area contributed by atoms with Crippen molar-refractivity contribution in [1.82, 2.24) is 0 Å². The van der Waals surface area contributed by atoms with Gasteiger partial charge in [0.05, 0.1) is 0 Å². The zero-order valence-electron chi connectivity index (χ0n) is 16.4. The van der Waals surface area contributed by atoms with Gasteiger partial charge in [0, 0.05) is 19.6 Å². The largest absolute Gasteiger partial charge is 0.0877 e. The Morgan fingerprint density at radius 2 is 1.26 bits per heavy atom. The van der Waals surface area contributed by atoms with Crippen LogP contribution in [-0.2, 0) is 0 Å². The predicted molar refractivity (Wildman–Crippen MR) is 118 cm³/mol. The minimum absolute atomic E-state index is 0.795. The molecule has 2 heteroatoms. The summed E-state index contributed by atoms with van der Waals surface area (Å²) in [6.45, 7) is 2.32. The molecule has 0 spiro atoms. The quantitative estimate of drug-likeness (QED) is 0.426. The lowest BCUT2D eigenvalue weighted by molar-refractivity contribution is 0.442. The second kappa shape index (κ2) is 7.87. The summed E-state index contributed by atoms with van der Waals surface area (Å²) in [5.41, 5.74) is 4.67. The molecule has 5 rings (SSSR count). The number of rotatable bonds is 2. The van der Waals surface area contributed by atoms with E-state index in [9.17, 15) is 0 Å². The minimum Gasteiger partial charge on any atom is -0.0877 e. The van der Waals surface area contributed by atoms with Crippen molar-refractivity contribution in [3.8, 4) is 0 Å². The molecule has 3 aliphatic rings. The third kappa shape index (κ3) is 3.72. The van der Waals surface area contributed by atoms with E-state index >= 15 is 0 Å². The highest BCUT2D eigenvalue weighted by atomic mass is 32.2. The summed E-state index contributed by atoms with van der Waals surface area (Å²) in [6, 6.07) is 12.4. The summed E-state index contributed by atoms with van der Waals surface area (Å²) < 4.78 is 0. The Morgan fingerprint density at radius 1 is 0.630 bits per heavy atom. The van der Waals surface area contributed by atoms with Crippen LogP contribution in [0.3, 0.4) is 0 Å². The highest BCUT2D eigenvalue weighted by Gasteiger charge is 2.24. The Labute approximate surface area is 172 Å². The van der Waals surface area contributed by atoms with Crippen molar-refractivity contribution < 1.29 is 0 Å². The summed E-state index contributed by atoms with van der Waals surface area (Å²) >= 11 is 4.03. The first-order chi connectivity index (χ1) is 13.3. The molecule has 2 aromatic rings. The van der Waals surface area contributed by atoms with Crippen molar-refractivity contribution in [2.75, 3.05) is 0 Å². The zero-order valence-corrected chi connectivity index (χ0v) is 18.1. The van der Waals surface area contributed by atoms with Crippen LogP contribution in [0.1, 0.15) is 92.7 Å². The van der Waals surface area contributed by atoms with Gasteiger partial charge in [-0.15, -0.1) is 0 Å². The Hall–Kier alpha value is -0.860. The van der Waals surface area contributed by atoms with Crippen LogP contribution < -0.4 is 0 Å². The number of fused-ring (bicyclic) bond motifs is 2. The first-order valence-electron chi connectivity index (χ1n) is 10.9. The molecular weight excluding hydrogens is 364 g/mol. The third-order valence-corrected chi connectivity index (χ3v) is 9.50. The second-order valence-corrected chi connectivity index (χ2v) is 10.9. The smallest absolute Gasteiger partial charge is 0.0291 e. The van der Waals surface area contributed by atoms with Crippen molar-refractivity contribution in [3.63, 3.8) is 0 Å². The van der Waals surface area contributed by atoms with Gasteiger partial charge in [0.2, 0.25) is 0 Å². The highest BCUT2D eigenvalue weighted by Crippen LogP contribution is 2.52. The van der Waals surface area contributed by atoms with E-state index in [1.165, 1.54) is 89.4 Å². The maximum absolute atomic E-state index is 2.53. The van der Waals surface area contributed by atoms with Crippen LogP contribution in [0.4, 0.5) is 0 Å². The Morgan fingerprint density at radius 3 is 1.96 bits per heavy atom. The summed E-state index contributed by atoms with van der Waals surface area (Å²) in [7, 11) is 0. The van der Waals surface area contributed by atoms with Gasteiger partial charge in [-0.3, -0.25) is 0 Å². The fourth-order valence-electron chi connectivity index (χ4n) is 5.25. The molecule has 2 saturated carbocycles. The van der Waals surface area contributed by atoms with Gasteiger partial charge in [-0.2, -0.15) is 0 Å². The molecule has 0 bridgehead atoms. The number of hydrogen-bond donors (Lipinski definition) is 0. The van der Waals surface area contributed by atoms with Crippen molar-refractivity contribution in [3.05, 3.63) is 47.0 Å². The lowest BCUT2D eigenvalue weighted by Crippen LogP contribution is -2.06. The predicted octanol–water partition coefficient (Wildman–Crippen LogP) is 8.71. The molecule has 27 heavy (non-hydrogen) atoms. The van der Waals surface area contributed by atoms with Crippen molar-refractivity contribution in [2.45, 2.75) is 103 Å². The fraction of sp³-hybridized carbons (Fsp3) is 0.520. The van der Waals surface area contributed by atoms with E-state index in [0.717, 1.165) is 11.8 Å². The fourth-order valence-corrected chi connectivity index (χ4v) is 7.70. The van der Waals surface area contributed by atoms with E-state index in [1.54, 1.807) is 11.1 Å². The van der Waals surface area contributed by atoms with Crippen LogP contribution in [-0.4, -0.2) is 0 Å². The molecule has 2 aromatic carbocycles. The third-order valence-electron chi connectivity index (χ3n) is 6.82. The summed E-state index contributed by atoms with van der Waals surface area (Å²) in [4.78, 5) is 5.96. The maximum atomic E-state index is 2.53. The molecule has 0 atom stereocenters. The first kappa shape index (κ1) is 18.2. The molecule has 0 nitrogen and oxygen atoms in total. The van der Waals surface area contributed by atoms with Gasteiger partial charge >= 0.3 is 0 Å². The van der Waals surface area contributed by atoms with Crippen molar-refractivity contribution in [2.24, 2.45) is 0 Å². The summed E-state index contributed by atoms with van der Waals surface area (Å²) in [6.07, 6.45) is 14.1. The summed E-state index contributed by atoms with van der Waals surface area (Å²) in [5.74, 6) is 1.59. The molecule has 0 N–H and O–H groups in total. The molecule has 1 heterocycles. The minimum atomic E-state index is 0.795. The van der Waals surface area contributed by atoms with Gasteiger partial charge in [-0.05, 0) is 79.3 Å². The normalized spacial score (nSPS) is 20.9. The average Bonchev–Trinajstić information content (AvgIpc) is 2.73. The van der Waals surface area contributed by atoms with Gasteiger partial charge in [-0.1, -0.05) is 74.2 Å². The van der Waals surface area contributed by atoms with Crippen LogP contribution in [0.5, 0.6) is 0 Å². The number of benzene rings is 2. The van der Waals surface area contributed by atoms with Crippen LogP contribution in [0, 0.1) is 6.92 Å². The van der Waals surface area contributed by atoms with Crippen LogP contribution in [0.25, 0.3) is 0 Å². The molecule has 2 aliphatic carbocycles. The molecule has 0 saturated heterocycles. The number of hydrogen-bond acceptors (Lipinski definition) is 2. The Bertz CT molecular complexity index is 826. The van der Waals surface area contributed by atoms with E-state index in [1.807, 2.05) is 23.5 Å². The van der Waals surface area contributed by atoms with E-state index < -0.39 is 0 Å². The highest BCUT2D eigenvalue weighted by molar-refractivity contribution is 8.05. The number of aryl methyl sites for hydroxylation is 1. The van der Waals surface area contributed by atoms with Gasteiger partial charge in [0.25, 0.3) is 0 Å². The molecule has 142 valence electrons. The van der Waals surface area contributed by atoms with Gasteiger partial charge in [0.15, 0.2) is 0 Å². The second-order valence-electron chi connectivity index (χ2n) is 8.75. The van der Waals surface area contributed by atoms with Gasteiger partial charge in [-0.25, -0.2) is 0 Å². The standard InChI is InChI=1S/C25H30S2/c1-17-14-21(19-10-6-3-7-11-19)16-24-25(17)27-22-13-12-20(15-23(22)26-24)18-8-4-2-5-9-18/h12-16,18-19H,2-11H2,1H3. The van der Waals surface area contributed by atoms with Gasteiger partial charge in [0.1, 0.15) is 0 Å². The van der Waals surface area contributed by atoms with E-state index in [4.69, 9.17) is 0 Å². The monoisotopic (exact) mass is 394 g/mol. The van der Waals surface area contributed by atoms with Crippen molar-refractivity contribution in [1.29, 1.82) is 0 Å². The first-order valence-corrected chi connectivity index (χ1v) is 12.6. The van der Waals surface area contributed by atoms with E-state index in [2.05, 4.69) is 37.3 Å². The van der Waals surface area contributed by atoms with Crippen molar-refractivity contribution >= 4 is 23.5 Å². The van der Waals surface area contributed by atoms with E-state index in [0.29, 0.717) is 0 Å². The SMILES string of the molecule is Cc1cc(C2CCCCC2)cc2c1Sc1ccc(C3CCCCC3)cc1S2. The topological polar surface area (TPSA) is 0 Å². The molecule has 0 aromatic heterocycles.